The Labute approximate surface area is 283 Å². The predicted octanol–water partition coefficient (Wildman–Crippen LogP) is 7.14. The van der Waals surface area contributed by atoms with E-state index in [9.17, 15) is 33.6 Å². The van der Waals surface area contributed by atoms with E-state index in [1.165, 1.54) is 0 Å². The molecule has 268 valence electrons. The van der Waals surface area contributed by atoms with Crippen molar-refractivity contribution in [3.05, 3.63) is 75.7 Å². The molecule has 0 heterocycles. The molecular weight excluding hydrogens is 662 g/mol. The second-order valence-electron chi connectivity index (χ2n) is 13.8. The van der Waals surface area contributed by atoms with Gasteiger partial charge in [0.25, 0.3) is 0 Å². The normalized spacial score (nSPS) is 16.0. The zero-order valence-corrected chi connectivity index (χ0v) is 30.9. The molecule has 2 aromatic carbocycles. The molecule has 0 radical (unpaired) electrons. The number of benzene rings is 2. The maximum atomic E-state index is 13.6. The molecule has 4 atom stereocenters. The standard InChI is InChI=1S/C33H50N2O11P2/c1-24(36)28-17-15-26(16-18-28)20-25-11-13-27(14-12-25)21-35(8)19-9-10-29(48(41,42)46-23-44-31(38)33(5,6)7)47(40,34-39)45-22-43-30(37)32(2,3)4/h11-18,24,29,36H,9-10,19-23H2,1-8H3,(H,41,42). The first-order chi connectivity index (χ1) is 22.2. The van der Waals surface area contributed by atoms with Gasteiger partial charge in [-0.2, -0.15) is 0 Å². The second-order valence-corrected chi connectivity index (χ2v) is 18.4. The summed E-state index contributed by atoms with van der Waals surface area (Å²) in [5, 5.41) is 7.80. The fraction of sp³-hybridized carbons (Fsp3) is 0.576. The number of aliphatic hydroxyl groups is 1. The van der Waals surface area contributed by atoms with E-state index < -0.39 is 63.0 Å². The van der Waals surface area contributed by atoms with Crippen LogP contribution in [-0.2, 0) is 50.2 Å². The van der Waals surface area contributed by atoms with Crippen LogP contribution < -0.4 is 0 Å². The molecule has 0 saturated carbocycles. The number of ether oxygens (including phenoxy) is 2. The van der Waals surface area contributed by atoms with Crippen LogP contribution >= 0.6 is 15.1 Å². The number of nitrogens with zero attached hydrogens (tertiary/aromatic N) is 2. The third kappa shape index (κ3) is 13.3. The Morgan fingerprint density at radius 3 is 1.75 bits per heavy atom. The number of carbonyl (C=O) groups excluding carboxylic acids is 2. The van der Waals surface area contributed by atoms with Crippen molar-refractivity contribution in [1.82, 2.24) is 4.90 Å². The van der Waals surface area contributed by atoms with Crippen LogP contribution in [0.2, 0.25) is 0 Å². The van der Waals surface area contributed by atoms with E-state index in [0.29, 0.717) is 13.1 Å². The molecule has 4 unspecified atom stereocenters. The monoisotopic (exact) mass is 712 g/mol. The Balaban J connectivity index is 2.07. The lowest BCUT2D eigenvalue weighted by atomic mass is 9.98. The SMILES string of the molecule is CC(O)c1ccc(Cc2ccc(CN(C)CCCC(P(=O)(O)OCOC(=O)C(C)(C)C)P(=O)(N=O)OCOC(=O)C(C)(C)C)cc2)cc1. The van der Waals surface area contributed by atoms with E-state index in [4.69, 9.17) is 18.5 Å². The second kappa shape index (κ2) is 17.8. The van der Waals surface area contributed by atoms with Crippen molar-refractivity contribution in [3.63, 3.8) is 0 Å². The minimum Gasteiger partial charge on any atom is -0.438 e. The molecule has 15 heteroatoms. The Bertz CT molecular complexity index is 1450. The fourth-order valence-corrected chi connectivity index (χ4v) is 8.28. The van der Waals surface area contributed by atoms with Gasteiger partial charge in [0.1, 0.15) is 0 Å². The van der Waals surface area contributed by atoms with Crippen LogP contribution in [0.3, 0.4) is 0 Å². The largest absolute Gasteiger partial charge is 0.438 e. The van der Waals surface area contributed by atoms with Crippen molar-refractivity contribution < 1.29 is 47.2 Å². The number of rotatable bonds is 18. The zero-order chi connectivity index (χ0) is 36.3. The summed E-state index contributed by atoms with van der Waals surface area (Å²) < 4.78 is 46.9. The average molecular weight is 713 g/mol. The van der Waals surface area contributed by atoms with Crippen molar-refractivity contribution in [2.75, 3.05) is 27.2 Å². The highest BCUT2D eigenvalue weighted by atomic mass is 31.2. The van der Waals surface area contributed by atoms with E-state index >= 15 is 0 Å². The van der Waals surface area contributed by atoms with E-state index in [0.717, 1.165) is 28.7 Å². The van der Waals surface area contributed by atoms with E-state index in [2.05, 4.69) is 4.95 Å². The van der Waals surface area contributed by atoms with Gasteiger partial charge in [-0.25, -0.2) is 0 Å². The number of carbonyl (C=O) groups is 2. The molecule has 2 aromatic rings. The maximum Gasteiger partial charge on any atom is 0.370 e. The van der Waals surface area contributed by atoms with Gasteiger partial charge < -0.3 is 24.4 Å². The molecule has 0 fully saturated rings. The molecule has 0 aliphatic carbocycles. The van der Waals surface area contributed by atoms with Crippen LogP contribution in [0, 0.1) is 15.7 Å². The maximum absolute atomic E-state index is 13.6. The van der Waals surface area contributed by atoms with E-state index in [-0.39, 0.29) is 12.8 Å². The minimum absolute atomic E-state index is 0.183. The summed E-state index contributed by atoms with van der Waals surface area (Å²) in [5.74, 6) is -1.42. The highest BCUT2D eigenvalue weighted by Crippen LogP contribution is 2.69. The summed E-state index contributed by atoms with van der Waals surface area (Å²) in [4.78, 5) is 51.4. The summed E-state index contributed by atoms with van der Waals surface area (Å²) in [6.07, 6.45) is 0.117. The highest BCUT2D eigenvalue weighted by Gasteiger charge is 2.50. The van der Waals surface area contributed by atoms with Gasteiger partial charge in [-0.3, -0.25) is 27.8 Å². The van der Waals surface area contributed by atoms with Crippen molar-refractivity contribution in [2.45, 2.75) is 85.8 Å². The molecule has 0 saturated heterocycles. The van der Waals surface area contributed by atoms with Gasteiger partial charge in [-0.1, -0.05) is 48.5 Å². The molecule has 2 rings (SSSR count). The van der Waals surface area contributed by atoms with Gasteiger partial charge in [-0.05, 0) is 104 Å². The number of esters is 2. The topological polar surface area (TPSA) is 178 Å². The lowest BCUT2D eigenvalue weighted by molar-refractivity contribution is -0.160. The van der Waals surface area contributed by atoms with Crippen LogP contribution in [0.5, 0.6) is 0 Å². The average Bonchev–Trinajstić information content (AvgIpc) is 2.99. The summed E-state index contributed by atoms with van der Waals surface area (Å²) >= 11 is 0. The predicted molar refractivity (Wildman–Crippen MR) is 182 cm³/mol. The molecule has 48 heavy (non-hydrogen) atoms. The Hall–Kier alpha value is -2.76. The zero-order valence-electron chi connectivity index (χ0n) is 29.1. The van der Waals surface area contributed by atoms with Gasteiger partial charge in [0, 0.05) is 11.5 Å². The minimum atomic E-state index is -4.95. The Morgan fingerprint density at radius 2 is 1.29 bits per heavy atom. The summed E-state index contributed by atoms with van der Waals surface area (Å²) in [6, 6.07) is 15.9. The molecule has 2 N–H and O–H groups in total. The molecule has 0 spiro atoms. The van der Waals surface area contributed by atoms with E-state index in [1.54, 1.807) is 48.5 Å². The van der Waals surface area contributed by atoms with E-state index in [1.807, 2.05) is 60.5 Å². The number of hydrogen-bond donors (Lipinski definition) is 2. The smallest absolute Gasteiger partial charge is 0.370 e. The lowest BCUT2D eigenvalue weighted by Gasteiger charge is -2.27. The molecular formula is C33H50N2O11P2. The lowest BCUT2D eigenvalue weighted by Crippen LogP contribution is -2.25. The van der Waals surface area contributed by atoms with Crippen molar-refractivity contribution in [1.29, 1.82) is 0 Å². The number of nitroso groups, excluding NO2 is 1. The quantitative estimate of drug-likeness (QED) is 0.0692. The Kier molecular flexibility index (Phi) is 15.3. The molecule has 0 aliphatic heterocycles. The van der Waals surface area contributed by atoms with Gasteiger partial charge in [0.15, 0.2) is 5.40 Å². The summed E-state index contributed by atoms with van der Waals surface area (Å²) in [7, 11) is -7.93. The molecule has 0 amide bonds. The molecule has 0 bridgehead atoms. The number of hydrogen-bond acceptors (Lipinski definition) is 11. The Morgan fingerprint density at radius 1 is 0.833 bits per heavy atom. The van der Waals surface area contributed by atoms with Gasteiger partial charge >= 0.3 is 27.1 Å². The van der Waals surface area contributed by atoms with Gasteiger partial charge in [0.2, 0.25) is 13.6 Å². The molecule has 0 aliphatic rings. The van der Waals surface area contributed by atoms with Crippen LogP contribution in [0.25, 0.3) is 0 Å². The van der Waals surface area contributed by atoms with Crippen LogP contribution in [0.4, 0.5) is 0 Å². The van der Waals surface area contributed by atoms with Crippen LogP contribution in [-0.4, -0.2) is 59.4 Å². The van der Waals surface area contributed by atoms with Crippen molar-refractivity contribution in [2.24, 2.45) is 15.8 Å². The summed E-state index contributed by atoms with van der Waals surface area (Å²) in [6.45, 7) is 10.2. The van der Waals surface area contributed by atoms with Crippen molar-refractivity contribution in [3.8, 4) is 0 Å². The van der Waals surface area contributed by atoms with Gasteiger partial charge in [-0.15, -0.1) is 4.91 Å². The van der Waals surface area contributed by atoms with Crippen molar-refractivity contribution >= 4 is 27.1 Å². The third-order valence-electron chi connectivity index (χ3n) is 7.30. The molecule has 13 nitrogen and oxygen atoms in total. The van der Waals surface area contributed by atoms with Gasteiger partial charge in [0.05, 0.1) is 16.9 Å². The fourth-order valence-electron chi connectivity index (χ4n) is 4.35. The summed E-state index contributed by atoms with van der Waals surface area (Å²) in [5.41, 5.74) is 2.27. The first-order valence-corrected chi connectivity index (χ1v) is 18.9. The number of aliphatic hydroxyl groups excluding tert-OH is 1. The third-order valence-corrected chi connectivity index (χ3v) is 12.2. The highest BCUT2D eigenvalue weighted by molar-refractivity contribution is 7.74. The van der Waals surface area contributed by atoms with Crippen LogP contribution in [0.15, 0.2) is 53.5 Å². The first kappa shape index (κ1) is 41.4. The van der Waals surface area contributed by atoms with Crippen LogP contribution in [0.1, 0.15) is 89.7 Å². The first-order valence-electron chi connectivity index (χ1n) is 15.6. The molecule has 0 aromatic heterocycles.